The Morgan fingerprint density at radius 1 is 1.17 bits per heavy atom. The highest BCUT2D eigenvalue weighted by Crippen LogP contribution is 2.19. The molecule has 2 amide bonds. The van der Waals surface area contributed by atoms with Crippen molar-refractivity contribution in [2.24, 2.45) is 5.10 Å². The number of aromatic carboxylic acids is 1. The topological polar surface area (TPSA) is 90.8 Å². The third-order valence-corrected chi connectivity index (χ3v) is 3.84. The van der Waals surface area contributed by atoms with Crippen molar-refractivity contribution in [2.75, 3.05) is 5.32 Å². The predicted molar refractivity (Wildman–Crippen MR) is 92.0 cm³/mol. The summed E-state index contributed by atoms with van der Waals surface area (Å²) in [6, 6.07) is 11.1. The maximum atomic E-state index is 11.7. The van der Waals surface area contributed by atoms with Gasteiger partial charge in [0.05, 0.1) is 11.8 Å². The van der Waals surface area contributed by atoms with Crippen molar-refractivity contribution in [1.82, 2.24) is 5.43 Å². The number of hydrazone groups is 1. The molecule has 6 nitrogen and oxygen atoms in total. The van der Waals surface area contributed by atoms with Gasteiger partial charge < -0.3 is 10.4 Å². The van der Waals surface area contributed by atoms with Crippen molar-refractivity contribution < 1.29 is 14.7 Å². The molecule has 0 radical (unpaired) electrons. The van der Waals surface area contributed by atoms with E-state index in [9.17, 15) is 9.59 Å². The molecule has 23 heavy (non-hydrogen) atoms. The van der Waals surface area contributed by atoms with E-state index in [4.69, 9.17) is 5.11 Å². The van der Waals surface area contributed by atoms with Gasteiger partial charge in [-0.05, 0) is 48.4 Å². The molecule has 2 aromatic carbocycles. The first kappa shape index (κ1) is 16.7. The van der Waals surface area contributed by atoms with Crippen molar-refractivity contribution in [3.05, 3.63) is 63.6 Å². The van der Waals surface area contributed by atoms with Crippen LogP contribution in [-0.4, -0.2) is 23.3 Å². The molecule has 2 aromatic rings. The van der Waals surface area contributed by atoms with Crippen LogP contribution in [0.2, 0.25) is 0 Å². The Bertz CT molecular complexity index is 758. The summed E-state index contributed by atoms with van der Waals surface area (Å²) >= 11 is 3.39. The number of benzene rings is 2. The molecule has 0 unspecified atom stereocenters. The highest BCUT2D eigenvalue weighted by atomic mass is 79.9. The first-order valence-electron chi connectivity index (χ1n) is 6.65. The second kappa shape index (κ2) is 7.55. The molecular formula is C16H14BrN3O3. The monoisotopic (exact) mass is 375 g/mol. The molecule has 0 saturated heterocycles. The lowest BCUT2D eigenvalue weighted by atomic mass is 10.1. The zero-order chi connectivity index (χ0) is 16.8. The number of nitrogens with one attached hydrogen (secondary N) is 2. The minimum atomic E-state index is -0.990. The van der Waals surface area contributed by atoms with Gasteiger partial charge in [0.25, 0.3) is 0 Å². The van der Waals surface area contributed by atoms with Gasteiger partial charge in [0.15, 0.2) is 0 Å². The third-order valence-electron chi connectivity index (χ3n) is 2.95. The lowest BCUT2D eigenvalue weighted by Gasteiger charge is -2.06. The number of carboxylic acids is 1. The van der Waals surface area contributed by atoms with Gasteiger partial charge in [-0.3, -0.25) is 0 Å². The maximum Gasteiger partial charge on any atom is 0.339 e. The quantitative estimate of drug-likeness (QED) is 0.562. The van der Waals surface area contributed by atoms with Gasteiger partial charge in [0.1, 0.15) is 0 Å². The van der Waals surface area contributed by atoms with E-state index in [2.05, 4.69) is 31.8 Å². The number of carbonyl (C=O) groups is 2. The van der Waals surface area contributed by atoms with Crippen molar-refractivity contribution in [3.8, 4) is 0 Å². The minimum Gasteiger partial charge on any atom is -0.478 e. The molecule has 0 aliphatic rings. The van der Waals surface area contributed by atoms with Gasteiger partial charge >= 0.3 is 12.0 Å². The van der Waals surface area contributed by atoms with Crippen LogP contribution >= 0.6 is 15.9 Å². The number of carbonyl (C=O) groups excluding carboxylic acids is 1. The Kier molecular flexibility index (Phi) is 5.48. The fraction of sp³-hybridized carbons (Fsp3) is 0.0625. The summed E-state index contributed by atoms with van der Waals surface area (Å²) in [5.41, 5.74) is 4.87. The zero-order valence-corrected chi connectivity index (χ0v) is 13.8. The number of carboxylic acid groups (broad SMARTS) is 1. The molecule has 3 N–H and O–H groups in total. The standard InChI is InChI=1S/C16H14BrN3O3/c1-10-8-13(6-7-14(10)17)19-16(23)20-18-9-11-2-4-12(5-3-11)15(21)22/h2-9H,1H3,(H,21,22)(H2,19,20,23)/b18-9+. The first-order valence-corrected chi connectivity index (χ1v) is 7.44. The SMILES string of the molecule is Cc1cc(NC(=O)N/N=C/c2ccc(C(=O)O)cc2)ccc1Br. The van der Waals surface area contributed by atoms with Crippen molar-refractivity contribution in [1.29, 1.82) is 0 Å². The highest BCUT2D eigenvalue weighted by Gasteiger charge is 2.02. The smallest absolute Gasteiger partial charge is 0.339 e. The molecule has 0 fully saturated rings. The predicted octanol–water partition coefficient (Wildman–Crippen LogP) is 3.61. The van der Waals surface area contributed by atoms with Gasteiger partial charge in [-0.2, -0.15) is 5.10 Å². The third kappa shape index (κ3) is 4.93. The molecular weight excluding hydrogens is 362 g/mol. The lowest BCUT2D eigenvalue weighted by molar-refractivity contribution is 0.0697. The lowest BCUT2D eigenvalue weighted by Crippen LogP contribution is -2.24. The molecule has 0 aliphatic heterocycles. The molecule has 2 rings (SSSR count). The van der Waals surface area contributed by atoms with Crippen LogP contribution in [-0.2, 0) is 0 Å². The number of amides is 2. The van der Waals surface area contributed by atoms with Crippen LogP contribution in [0.3, 0.4) is 0 Å². The van der Waals surface area contributed by atoms with Crippen molar-refractivity contribution in [3.63, 3.8) is 0 Å². The number of nitrogens with zero attached hydrogens (tertiary/aromatic N) is 1. The number of hydrogen-bond acceptors (Lipinski definition) is 3. The van der Waals surface area contributed by atoms with Crippen LogP contribution in [0.5, 0.6) is 0 Å². The van der Waals surface area contributed by atoms with E-state index in [-0.39, 0.29) is 5.56 Å². The summed E-state index contributed by atoms with van der Waals surface area (Å²) in [7, 11) is 0. The van der Waals surface area contributed by atoms with E-state index in [1.165, 1.54) is 18.3 Å². The fourth-order valence-corrected chi connectivity index (χ4v) is 2.01. The Morgan fingerprint density at radius 2 is 1.87 bits per heavy atom. The normalized spacial score (nSPS) is 10.5. The Balaban J connectivity index is 1.90. The highest BCUT2D eigenvalue weighted by molar-refractivity contribution is 9.10. The van der Waals surface area contributed by atoms with E-state index in [0.717, 1.165) is 10.0 Å². The molecule has 7 heteroatoms. The van der Waals surface area contributed by atoms with Crippen LogP contribution < -0.4 is 10.7 Å². The molecule has 118 valence electrons. The number of urea groups is 1. The Hall–Kier alpha value is -2.67. The average Bonchev–Trinajstić information content (AvgIpc) is 2.51. The van der Waals surface area contributed by atoms with Gasteiger partial charge in [-0.25, -0.2) is 15.0 Å². The van der Waals surface area contributed by atoms with Gasteiger partial charge in [0, 0.05) is 10.2 Å². The molecule has 0 bridgehead atoms. The van der Waals surface area contributed by atoms with E-state index >= 15 is 0 Å². The molecule has 0 aliphatic carbocycles. The maximum absolute atomic E-state index is 11.7. The molecule has 0 saturated carbocycles. The number of aryl methyl sites for hydroxylation is 1. The van der Waals surface area contributed by atoms with Crippen LogP contribution in [0.15, 0.2) is 52.0 Å². The van der Waals surface area contributed by atoms with E-state index in [0.29, 0.717) is 11.3 Å². The van der Waals surface area contributed by atoms with Gasteiger partial charge in [-0.1, -0.05) is 28.1 Å². The van der Waals surface area contributed by atoms with Crippen LogP contribution in [0, 0.1) is 6.92 Å². The largest absolute Gasteiger partial charge is 0.478 e. The van der Waals surface area contributed by atoms with E-state index < -0.39 is 12.0 Å². The zero-order valence-electron chi connectivity index (χ0n) is 12.2. The minimum absolute atomic E-state index is 0.193. The Labute approximate surface area is 141 Å². The van der Waals surface area contributed by atoms with Crippen molar-refractivity contribution >= 4 is 39.8 Å². The first-order chi connectivity index (χ1) is 11.0. The second-order valence-corrected chi connectivity index (χ2v) is 5.57. The van der Waals surface area contributed by atoms with Gasteiger partial charge in [0.2, 0.25) is 0 Å². The summed E-state index contributed by atoms with van der Waals surface area (Å²) in [5, 5.41) is 15.3. The summed E-state index contributed by atoms with van der Waals surface area (Å²) < 4.78 is 0.964. The van der Waals surface area contributed by atoms with Crippen LogP contribution in [0.4, 0.5) is 10.5 Å². The number of hydrogen-bond donors (Lipinski definition) is 3. The summed E-state index contributed by atoms with van der Waals surface area (Å²) in [5.74, 6) is -0.990. The Morgan fingerprint density at radius 3 is 2.48 bits per heavy atom. The number of halogens is 1. The van der Waals surface area contributed by atoms with Crippen LogP contribution in [0.25, 0.3) is 0 Å². The number of anilines is 1. The second-order valence-electron chi connectivity index (χ2n) is 4.72. The van der Waals surface area contributed by atoms with E-state index in [1.807, 2.05) is 19.1 Å². The van der Waals surface area contributed by atoms with Gasteiger partial charge in [-0.15, -0.1) is 0 Å². The molecule has 0 aromatic heterocycles. The van der Waals surface area contributed by atoms with Crippen LogP contribution in [0.1, 0.15) is 21.5 Å². The van der Waals surface area contributed by atoms with Crippen molar-refractivity contribution in [2.45, 2.75) is 6.92 Å². The van der Waals surface area contributed by atoms with E-state index in [1.54, 1.807) is 18.2 Å². The average molecular weight is 376 g/mol. The fourth-order valence-electron chi connectivity index (χ4n) is 1.76. The summed E-state index contributed by atoms with van der Waals surface area (Å²) in [4.78, 5) is 22.4. The molecule has 0 spiro atoms. The molecule has 0 heterocycles. The number of rotatable bonds is 4. The summed E-state index contributed by atoms with van der Waals surface area (Å²) in [6.07, 6.45) is 1.43. The summed E-state index contributed by atoms with van der Waals surface area (Å²) in [6.45, 7) is 1.92. The molecule has 0 atom stereocenters.